The molecular formula is C15H20N2O3S. The Morgan fingerprint density at radius 1 is 1.33 bits per heavy atom. The normalized spacial score (nSPS) is 10.6. The first kappa shape index (κ1) is 17.2. The summed E-state index contributed by atoms with van der Waals surface area (Å²) in [5.41, 5.74) is 7.50. The fourth-order valence-corrected chi connectivity index (χ4v) is 2.45. The van der Waals surface area contributed by atoms with Crippen LogP contribution in [-0.4, -0.2) is 39.4 Å². The van der Waals surface area contributed by atoms with Crippen LogP contribution in [0.5, 0.6) is 0 Å². The van der Waals surface area contributed by atoms with Gasteiger partial charge in [-0.25, -0.2) is 8.42 Å². The Morgan fingerprint density at radius 3 is 2.67 bits per heavy atom. The summed E-state index contributed by atoms with van der Waals surface area (Å²) >= 11 is 0. The van der Waals surface area contributed by atoms with Gasteiger partial charge < -0.3 is 11.1 Å². The van der Waals surface area contributed by atoms with E-state index in [2.05, 4.69) is 17.2 Å². The van der Waals surface area contributed by atoms with E-state index < -0.39 is 9.84 Å². The van der Waals surface area contributed by atoms with Crippen molar-refractivity contribution >= 4 is 15.7 Å². The van der Waals surface area contributed by atoms with Crippen molar-refractivity contribution < 1.29 is 13.2 Å². The van der Waals surface area contributed by atoms with Crippen LogP contribution in [0.1, 0.15) is 27.9 Å². The number of amides is 1. The average molecular weight is 308 g/mol. The van der Waals surface area contributed by atoms with Crippen LogP contribution in [0.4, 0.5) is 0 Å². The van der Waals surface area contributed by atoms with Crippen LogP contribution in [0.3, 0.4) is 0 Å². The van der Waals surface area contributed by atoms with E-state index in [1.54, 1.807) is 12.1 Å². The third kappa shape index (κ3) is 6.93. The maximum absolute atomic E-state index is 12.0. The smallest absolute Gasteiger partial charge is 0.251 e. The first-order valence-electron chi connectivity index (χ1n) is 6.58. The molecule has 1 aromatic carbocycles. The standard InChI is InChI=1S/C15H20N2O3S/c1-12-9-13(5-3-6-16)11-14(10-12)15(18)17-7-4-8-21(2,19)20/h9-11H,4,6-8,16H2,1-2H3,(H,17,18). The van der Waals surface area contributed by atoms with Gasteiger partial charge in [0.2, 0.25) is 0 Å². The molecule has 3 N–H and O–H groups in total. The molecule has 0 fully saturated rings. The predicted octanol–water partition coefficient (Wildman–Crippen LogP) is 0.470. The highest BCUT2D eigenvalue weighted by Gasteiger charge is 2.07. The summed E-state index contributed by atoms with van der Waals surface area (Å²) in [6, 6.07) is 5.34. The van der Waals surface area contributed by atoms with Crippen molar-refractivity contribution in [2.24, 2.45) is 5.73 Å². The largest absolute Gasteiger partial charge is 0.352 e. The Kier molecular flexibility index (Phi) is 6.40. The molecular weight excluding hydrogens is 288 g/mol. The van der Waals surface area contributed by atoms with E-state index in [-0.39, 0.29) is 18.2 Å². The Morgan fingerprint density at radius 2 is 2.05 bits per heavy atom. The number of nitrogens with one attached hydrogen (secondary N) is 1. The monoisotopic (exact) mass is 308 g/mol. The summed E-state index contributed by atoms with van der Waals surface area (Å²) < 4.78 is 22.0. The van der Waals surface area contributed by atoms with Crippen molar-refractivity contribution in [3.05, 3.63) is 34.9 Å². The third-order valence-corrected chi connectivity index (χ3v) is 3.68. The van der Waals surface area contributed by atoms with E-state index in [0.29, 0.717) is 18.5 Å². The van der Waals surface area contributed by atoms with Gasteiger partial charge in [0.1, 0.15) is 9.84 Å². The topological polar surface area (TPSA) is 89.3 Å². The zero-order chi connectivity index (χ0) is 15.9. The zero-order valence-electron chi connectivity index (χ0n) is 12.3. The molecule has 1 amide bonds. The number of carbonyl (C=O) groups is 1. The molecule has 0 saturated heterocycles. The van der Waals surface area contributed by atoms with Gasteiger partial charge in [-0.2, -0.15) is 0 Å². The molecule has 0 unspecified atom stereocenters. The molecule has 1 aromatic rings. The summed E-state index contributed by atoms with van der Waals surface area (Å²) in [5, 5.41) is 2.71. The van der Waals surface area contributed by atoms with Gasteiger partial charge >= 0.3 is 0 Å². The van der Waals surface area contributed by atoms with Crippen LogP contribution >= 0.6 is 0 Å². The van der Waals surface area contributed by atoms with Gasteiger partial charge in [-0.15, -0.1) is 0 Å². The first-order chi connectivity index (χ1) is 9.81. The van der Waals surface area contributed by atoms with Gasteiger partial charge in [-0.1, -0.05) is 11.8 Å². The first-order valence-corrected chi connectivity index (χ1v) is 8.64. The minimum Gasteiger partial charge on any atom is -0.352 e. The number of carbonyl (C=O) groups excluding carboxylic acids is 1. The summed E-state index contributed by atoms with van der Waals surface area (Å²) in [4.78, 5) is 12.0. The van der Waals surface area contributed by atoms with Gasteiger partial charge in [-0.05, 0) is 37.1 Å². The van der Waals surface area contributed by atoms with Crippen LogP contribution in [0.2, 0.25) is 0 Å². The quantitative estimate of drug-likeness (QED) is 0.611. The molecule has 0 spiro atoms. The summed E-state index contributed by atoms with van der Waals surface area (Å²) in [5.74, 6) is 5.47. The van der Waals surface area contributed by atoms with Gasteiger partial charge in [-0.3, -0.25) is 4.79 Å². The highest BCUT2D eigenvalue weighted by atomic mass is 32.2. The average Bonchev–Trinajstić information content (AvgIpc) is 2.39. The molecule has 0 saturated carbocycles. The Hall–Kier alpha value is -1.84. The Balaban J connectivity index is 2.67. The minimum atomic E-state index is -2.99. The second-order valence-electron chi connectivity index (χ2n) is 4.83. The van der Waals surface area contributed by atoms with Crippen molar-refractivity contribution in [1.29, 1.82) is 0 Å². The number of aryl methyl sites for hydroxylation is 1. The van der Waals surface area contributed by atoms with Gasteiger partial charge in [0, 0.05) is 23.9 Å². The highest BCUT2D eigenvalue weighted by Crippen LogP contribution is 2.09. The van der Waals surface area contributed by atoms with E-state index in [4.69, 9.17) is 5.73 Å². The lowest BCUT2D eigenvalue weighted by Gasteiger charge is -2.06. The molecule has 0 heterocycles. The lowest BCUT2D eigenvalue weighted by Crippen LogP contribution is -2.26. The molecule has 0 atom stereocenters. The van der Waals surface area contributed by atoms with Gasteiger partial charge in [0.15, 0.2) is 0 Å². The Bertz CT molecular complexity index is 670. The molecule has 0 aliphatic carbocycles. The number of rotatable bonds is 5. The molecule has 114 valence electrons. The van der Waals surface area contributed by atoms with Crippen molar-refractivity contribution in [1.82, 2.24) is 5.32 Å². The second kappa shape index (κ2) is 7.81. The van der Waals surface area contributed by atoms with E-state index in [1.807, 2.05) is 13.0 Å². The molecule has 1 rings (SSSR count). The van der Waals surface area contributed by atoms with E-state index in [0.717, 1.165) is 11.1 Å². The lowest BCUT2D eigenvalue weighted by atomic mass is 10.1. The zero-order valence-corrected chi connectivity index (χ0v) is 13.1. The molecule has 0 radical (unpaired) electrons. The highest BCUT2D eigenvalue weighted by molar-refractivity contribution is 7.90. The van der Waals surface area contributed by atoms with Crippen molar-refractivity contribution in [2.45, 2.75) is 13.3 Å². The van der Waals surface area contributed by atoms with Crippen LogP contribution in [0.15, 0.2) is 18.2 Å². The second-order valence-corrected chi connectivity index (χ2v) is 7.09. The third-order valence-electron chi connectivity index (χ3n) is 2.65. The summed E-state index contributed by atoms with van der Waals surface area (Å²) in [6.07, 6.45) is 1.58. The molecule has 0 aliphatic heterocycles. The van der Waals surface area contributed by atoms with E-state index in [9.17, 15) is 13.2 Å². The Labute approximate surface area is 125 Å². The lowest BCUT2D eigenvalue weighted by molar-refractivity contribution is 0.0953. The SMILES string of the molecule is Cc1cc(C#CCN)cc(C(=O)NCCCS(C)(=O)=O)c1. The summed E-state index contributed by atoms with van der Waals surface area (Å²) in [6.45, 7) is 2.47. The maximum Gasteiger partial charge on any atom is 0.251 e. The predicted molar refractivity (Wildman–Crippen MR) is 83.8 cm³/mol. The van der Waals surface area contributed by atoms with Crippen LogP contribution in [0, 0.1) is 18.8 Å². The van der Waals surface area contributed by atoms with E-state index in [1.165, 1.54) is 6.26 Å². The molecule has 0 bridgehead atoms. The minimum absolute atomic E-state index is 0.0638. The molecule has 0 aromatic heterocycles. The summed E-state index contributed by atoms with van der Waals surface area (Å²) in [7, 11) is -2.99. The van der Waals surface area contributed by atoms with Crippen molar-refractivity contribution in [3.8, 4) is 11.8 Å². The van der Waals surface area contributed by atoms with E-state index >= 15 is 0 Å². The number of nitrogens with two attached hydrogens (primary N) is 1. The fourth-order valence-electron chi connectivity index (χ4n) is 1.78. The molecule has 0 aliphatic rings. The molecule has 21 heavy (non-hydrogen) atoms. The number of hydrogen-bond acceptors (Lipinski definition) is 4. The van der Waals surface area contributed by atoms with Crippen LogP contribution < -0.4 is 11.1 Å². The number of sulfone groups is 1. The van der Waals surface area contributed by atoms with Crippen molar-refractivity contribution in [3.63, 3.8) is 0 Å². The number of benzene rings is 1. The fraction of sp³-hybridized carbons (Fsp3) is 0.400. The van der Waals surface area contributed by atoms with Gasteiger partial charge in [0.05, 0.1) is 12.3 Å². The molecule has 5 nitrogen and oxygen atoms in total. The molecule has 6 heteroatoms. The van der Waals surface area contributed by atoms with Crippen LogP contribution in [-0.2, 0) is 9.84 Å². The van der Waals surface area contributed by atoms with Gasteiger partial charge in [0.25, 0.3) is 5.91 Å². The number of hydrogen-bond donors (Lipinski definition) is 2. The maximum atomic E-state index is 12.0. The van der Waals surface area contributed by atoms with Crippen LogP contribution in [0.25, 0.3) is 0 Å². The van der Waals surface area contributed by atoms with Crippen molar-refractivity contribution in [2.75, 3.05) is 25.1 Å².